The number of aromatic nitrogens is 4. The molecule has 2 aromatic heterocycles. The summed E-state index contributed by atoms with van der Waals surface area (Å²) in [5.41, 5.74) is 0.207. The van der Waals surface area contributed by atoms with E-state index >= 15 is 0 Å². The zero-order chi connectivity index (χ0) is 17.3. The van der Waals surface area contributed by atoms with Gasteiger partial charge in [-0.1, -0.05) is 11.3 Å². The van der Waals surface area contributed by atoms with Gasteiger partial charge in [-0.15, -0.1) is 0 Å². The van der Waals surface area contributed by atoms with Crippen LogP contribution in [0.1, 0.15) is 15.5 Å². The van der Waals surface area contributed by atoms with Crippen LogP contribution < -0.4 is 10.4 Å². The Bertz CT molecular complexity index is 962. The normalized spacial score (nSPS) is 10.6. The Morgan fingerprint density at radius 2 is 2.21 bits per heavy atom. The van der Waals surface area contributed by atoms with Crippen LogP contribution in [0.4, 0.5) is 4.39 Å². The van der Waals surface area contributed by atoms with Crippen molar-refractivity contribution >= 4 is 17.3 Å². The molecule has 0 atom stereocenters. The van der Waals surface area contributed by atoms with E-state index in [4.69, 9.17) is 4.74 Å². The number of nitrogens with zero attached hydrogens (tertiary/aromatic N) is 3. The Kier molecular flexibility index (Phi) is 4.13. The van der Waals surface area contributed by atoms with Crippen LogP contribution in [0, 0.1) is 12.7 Å². The number of benzene rings is 1. The number of halogens is 1. The number of aromatic amines is 1. The Hall–Kier alpha value is -3.01. The van der Waals surface area contributed by atoms with E-state index in [1.165, 1.54) is 25.6 Å². The highest BCUT2D eigenvalue weighted by molar-refractivity contribution is 7.15. The van der Waals surface area contributed by atoms with Crippen LogP contribution in [0.2, 0.25) is 0 Å². The molecule has 0 amide bonds. The minimum atomic E-state index is -0.685. The van der Waals surface area contributed by atoms with Crippen molar-refractivity contribution in [3.05, 3.63) is 51.5 Å². The van der Waals surface area contributed by atoms with Crippen LogP contribution in [0.25, 0.3) is 5.69 Å². The second-order valence-electron chi connectivity index (χ2n) is 4.61. The number of H-pyrrole nitrogens is 1. The number of thiazole rings is 1. The van der Waals surface area contributed by atoms with Gasteiger partial charge in [0.05, 0.1) is 18.5 Å². The lowest BCUT2D eigenvalue weighted by Crippen LogP contribution is -2.16. The minimum absolute atomic E-state index is 0.0644. The van der Waals surface area contributed by atoms with Gasteiger partial charge in [-0.25, -0.2) is 19.0 Å². The van der Waals surface area contributed by atoms with Crippen LogP contribution in [-0.2, 0) is 4.74 Å². The van der Waals surface area contributed by atoms with Crippen LogP contribution in [0.15, 0.2) is 29.3 Å². The third-order valence-corrected chi connectivity index (χ3v) is 4.05. The number of nitrogens with one attached hydrogen (secondary N) is 1. The van der Waals surface area contributed by atoms with Gasteiger partial charge in [0.15, 0.2) is 11.6 Å². The number of hydrogen-bond acceptors (Lipinski definition) is 7. The SMILES string of the molecule is COC(=O)c1nc(C)c(Oc2ccc(-n3nc[nH]c3=O)cc2F)s1. The molecular formula is C14H11FN4O4S. The summed E-state index contributed by atoms with van der Waals surface area (Å²) in [6.07, 6.45) is 1.21. The lowest BCUT2D eigenvalue weighted by molar-refractivity contribution is 0.0600. The first-order valence-corrected chi connectivity index (χ1v) is 7.47. The van der Waals surface area contributed by atoms with Crippen molar-refractivity contribution in [1.82, 2.24) is 19.7 Å². The molecular weight excluding hydrogens is 339 g/mol. The van der Waals surface area contributed by atoms with Crippen LogP contribution in [0.3, 0.4) is 0 Å². The van der Waals surface area contributed by atoms with Crippen molar-refractivity contribution in [2.24, 2.45) is 0 Å². The maximum absolute atomic E-state index is 14.2. The number of rotatable bonds is 4. The van der Waals surface area contributed by atoms with Gasteiger partial charge in [0.1, 0.15) is 6.33 Å². The van der Waals surface area contributed by atoms with E-state index in [2.05, 4.69) is 19.8 Å². The molecule has 1 aromatic carbocycles. The fraction of sp³-hybridized carbons (Fsp3) is 0.143. The molecule has 3 aromatic rings. The Morgan fingerprint density at radius 3 is 2.83 bits per heavy atom. The third kappa shape index (κ3) is 2.91. The molecule has 0 saturated carbocycles. The lowest BCUT2D eigenvalue weighted by Gasteiger charge is -2.06. The summed E-state index contributed by atoms with van der Waals surface area (Å²) in [5.74, 6) is -1.34. The average Bonchev–Trinajstić information content (AvgIpc) is 3.15. The molecule has 0 aliphatic rings. The van der Waals surface area contributed by atoms with Crippen molar-refractivity contribution < 1.29 is 18.7 Å². The number of esters is 1. The quantitative estimate of drug-likeness (QED) is 0.723. The van der Waals surface area contributed by atoms with Gasteiger partial charge < -0.3 is 9.47 Å². The molecule has 8 nitrogen and oxygen atoms in total. The maximum atomic E-state index is 14.2. The number of hydrogen-bond donors (Lipinski definition) is 1. The van der Waals surface area contributed by atoms with Crippen molar-refractivity contribution in [1.29, 1.82) is 0 Å². The number of carbonyl (C=O) groups excluding carboxylic acids is 1. The van der Waals surface area contributed by atoms with Crippen molar-refractivity contribution in [3.8, 4) is 16.5 Å². The van der Waals surface area contributed by atoms with E-state index < -0.39 is 17.5 Å². The second-order valence-corrected chi connectivity index (χ2v) is 5.57. The van der Waals surface area contributed by atoms with Gasteiger partial charge in [-0.05, 0) is 19.1 Å². The number of aryl methyl sites for hydroxylation is 1. The Balaban J connectivity index is 1.89. The topological polar surface area (TPSA) is 99.1 Å². The second kappa shape index (κ2) is 6.24. The molecule has 0 radical (unpaired) electrons. The van der Waals surface area contributed by atoms with Gasteiger partial charge in [-0.3, -0.25) is 4.98 Å². The predicted molar refractivity (Wildman–Crippen MR) is 82.4 cm³/mol. The standard InChI is InChI=1S/C14H11FN4O4S/c1-7-13(24-11(18-7)12(20)22-2)23-10-4-3-8(5-9(10)15)19-14(21)16-6-17-19/h3-6H,1-2H3,(H,16,17,21). The summed E-state index contributed by atoms with van der Waals surface area (Å²) < 4.78 is 25.3. The molecule has 0 saturated heterocycles. The summed E-state index contributed by atoms with van der Waals surface area (Å²) in [6.45, 7) is 1.63. The van der Waals surface area contributed by atoms with E-state index in [-0.39, 0.29) is 21.5 Å². The highest BCUT2D eigenvalue weighted by Gasteiger charge is 2.18. The van der Waals surface area contributed by atoms with Crippen molar-refractivity contribution in [2.75, 3.05) is 7.11 Å². The smallest absolute Gasteiger partial charge is 0.367 e. The van der Waals surface area contributed by atoms with E-state index in [1.54, 1.807) is 6.92 Å². The van der Waals surface area contributed by atoms with Gasteiger partial charge in [0.25, 0.3) is 0 Å². The van der Waals surface area contributed by atoms with Crippen LogP contribution >= 0.6 is 11.3 Å². The molecule has 0 aliphatic heterocycles. The molecule has 10 heteroatoms. The predicted octanol–water partition coefficient (Wildman–Crippen LogP) is 2.04. The minimum Gasteiger partial charge on any atom is -0.464 e. The highest BCUT2D eigenvalue weighted by atomic mass is 32.1. The summed E-state index contributed by atoms with van der Waals surface area (Å²) in [6, 6.07) is 3.97. The van der Waals surface area contributed by atoms with E-state index in [0.717, 1.165) is 22.1 Å². The van der Waals surface area contributed by atoms with E-state index in [1.807, 2.05) is 0 Å². The number of methoxy groups -OCH3 is 1. The molecule has 0 bridgehead atoms. The summed E-state index contributed by atoms with van der Waals surface area (Å²) >= 11 is 0.953. The lowest BCUT2D eigenvalue weighted by atomic mass is 10.3. The number of ether oxygens (including phenoxy) is 2. The fourth-order valence-corrected chi connectivity index (χ4v) is 2.74. The zero-order valence-electron chi connectivity index (χ0n) is 12.6. The first kappa shape index (κ1) is 15.9. The molecule has 3 rings (SSSR count). The molecule has 0 unspecified atom stereocenters. The molecule has 0 aliphatic carbocycles. The van der Waals surface area contributed by atoms with Crippen molar-refractivity contribution in [3.63, 3.8) is 0 Å². The average molecular weight is 350 g/mol. The highest BCUT2D eigenvalue weighted by Crippen LogP contribution is 2.33. The van der Waals surface area contributed by atoms with Gasteiger partial charge in [0.2, 0.25) is 10.1 Å². The maximum Gasteiger partial charge on any atom is 0.367 e. The fourth-order valence-electron chi connectivity index (χ4n) is 1.90. The third-order valence-electron chi connectivity index (χ3n) is 3.03. The number of carbonyl (C=O) groups is 1. The molecule has 1 N–H and O–H groups in total. The van der Waals surface area contributed by atoms with E-state index in [0.29, 0.717) is 5.69 Å². The first-order chi connectivity index (χ1) is 11.5. The van der Waals surface area contributed by atoms with Crippen LogP contribution in [-0.4, -0.2) is 32.8 Å². The molecule has 0 spiro atoms. The summed E-state index contributed by atoms with van der Waals surface area (Å²) in [4.78, 5) is 29.3. The van der Waals surface area contributed by atoms with Crippen molar-refractivity contribution in [2.45, 2.75) is 6.92 Å². The molecule has 24 heavy (non-hydrogen) atoms. The Labute approximate surface area is 138 Å². The van der Waals surface area contributed by atoms with Gasteiger partial charge >= 0.3 is 11.7 Å². The Morgan fingerprint density at radius 1 is 1.42 bits per heavy atom. The zero-order valence-corrected chi connectivity index (χ0v) is 13.4. The molecule has 124 valence electrons. The molecule has 0 fully saturated rings. The summed E-state index contributed by atoms with van der Waals surface area (Å²) in [5, 5.41) is 4.16. The monoisotopic (exact) mass is 350 g/mol. The van der Waals surface area contributed by atoms with E-state index in [9.17, 15) is 14.0 Å². The van der Waals surface area contributed by atoms with Gasteiger partial charge in [-0.2, -0.15) is 9.78 Å². The van der Waals surface area contributed by atoms with Crippen LogP contribution in [0.5, 0.6) is 10.8 Å². The molecule has 2 heterocycles. The largest absolute Gasteiger partial charge is 0.464 e. The van der Waals surface area contributed by atoms with Gasteiger partial charge in [0, 0.05) is 6.07 Å². The first-order valence-electron chi connectivity index (χ1n) is 6.66. The summed E-state index contributed by atoms with van der Waals surface area (Å²) in [7, 11) is 1.25.